The number of benzene rings is 2. The van der Waals surface area contributed by atoms with E-state index in [0.717, 1.165) is 12.7 Å². The van der Waals surface area contributed by atoms with Gasteiger partial charge in [0, 0.05) is 6.42 Å². The number of ether oxygens (including phenoxy) is 2. The fraction of sp³-hybridized carbons (Fsp3) is 0.435. The van der Waals surface area contributed by atoms with E-state index in [-0.39, 0.29) is 25.4 Å². The van der Waals surface area contributed by atoms with Crippen LogP contribution in [0.25, 0.3) is 0 Å². The molecule has 188 valence electrons. The molecule has 8 nitrogen and oxygen atoms in total. The highest BCUT2D eigenvalue weighted by Crippen LogP contribution is 2.53. The Morgan fingerprint density at radius 3 is 2.06 bits per heavy atom. The lowest BCUT2D eigenvalue weighted by molar-refractivity contribution is 0.0509. The summed E-state index contributed by atoms with van der Waals surface area (Å²) in [5, 5.41) is 12.2. The van der Waals surface area contributed by atoms with Gasteiger partial charge in [-0.05, 0) is 122 Å². The van der Waals surface area contributed by atoms with E-state index in [1.807, 2.05) is 12.1 Å². The van der Waals surface area contributed by atoms with Crippen LogP contribution in [0, 0.1) is 7.14 Å². The van der Waals surface area contributed by atoms with Crippen molar-refractivity contribution in [2.75, 3.05) is 13.2 Å². The Balaban J connectivity index is 2.34. The van der Waals surface area contributed by atoms with Gasteiger partial charge in [-0.3, -0.25) is 4.57 Å². The molecule has 1 amide bonds. The fourth-order valence-corrected chi connectivity index (χ4v) is 6.92. The summed E-state index contributed by atoms with van der Waals surface area (Å²) in [5.41, 5.74) is 0.0981. The smallest absolute Gasteiger partial charge is 0.408 e. The molecule has 0 spiro atoms. The lowest BCUT2D eigenvalue weighted by atomic mass is 10.1. The average molecular weight is 717 g/mol. The first-order valence-corrected chi connectivity index (χ1v) is 14.5. The average Bonchev–Trinajstić information content (AvgIpc) is 2.70. The van der Waals surface area contributed by atoms with Crippen LogP contribution in [0.3, 0.4) is 0 Å². The topological polar surface area (TPSA) is 103 Å². The summed E-state index contributed by atoms with van der Waals surface area (Å²) >= 11 is 4.33. The second-order valence-corrected chi connectivity index (χ2v) is 12.8. The van der Waals surface area contributed by atoms with Gasteiger partial charge in [0.25, 0.3) is 0 Å². The summed E-state index contributed by atoms with van der Waals surface area (Å²) in [6, 6.07) is 10.2. The summed E-state index contributed by atoms with van der Waals surface area (Å²) in [4.78, 5) is 12.5. The first-order chi connectivity index (χ1) is 15.9. The molecule has 1 atom stereocenters. The third-order valence-corrected chi connectivity index (χ3v) is 8.14. The highest BCUT2D eigenvalue weighted by molar-refractivity contribution is 14.1. The first kappa shape index (κ1) is 29.2. The maximum absolute atomic E-state index is 13.6. The zero-order chi connectivity index (χ0) is 25.5. The normalized spacial score (nSPS) is 12.8. The van der Waals surface area contributed by atoms with Gasteiger partial charge < -0.3 is 28.9 Å². The predicted molar refractivity (Wildman–Crippen MR) is 148 cm³/mol. The number of phenols is 1. The monoisotopic (exact) mass is 717 g/mol. The van der Waals surface area contributed by atoms with Gasteiger partial charge in [0.15, 0.2) is 5.75 Å². The quantitative estimate of drug-likeness (QED) is 0.201. The van der Waals surface area contributed by atoms with E-state index in [9.17, 15) is 14.5 Å². The van der Waals surface area contributed by atoms with Crippen LogP contribution in [-0.4, -0.2) is 35.8 Å². The molecular weight excluding hydrogens is 687 g/mol. The van der Waals surface area contributed by atoms with E-state index in [0.29, 0.717) is 11.5 Å². The lowest BCUT2D eigenvalue weighted by Gasteiger charge is -2.28. The second-order valence-electron chi connectivity index (χ2n) is 8.23. The number of phenolic OH excluding ortho intramolecular Hbond substituents is 1. The van der Waals surface area contributed by atoms with Gasteiger partial charge in [-0.2, -0.15) is 0 Å². The van der Waals surface area contributed by atoms with Crippen LogP contribution in [0.15, 0.2) is 36.4 Å². The molecule has 0 aliphatic heterocycles. The molecule has 0 aliphatic carbocycles. The van der Waals surface area contributed by atoms with Crippen LogP contribution in [0.1, 0.15) is 40.2 Å². The van der Waals surface area contributed by atoms with Crippen molar-refractivity contribution < 1.29 is 33.0 Å². The number of rotatable bonds is 10. The largest absolute Gasteiger partial charge is 0.508 e. The standard InChI is InChI=1S/C23H30I2NO7P/c1-6-30-34(29,31-7-2)20(26-22(28)33-23(3,4)5)14-15-12-18(24)21(19(25)13-15)32-17-10-8-16(27)9-11-17/h8-13,20,27H,6-7,14H2,1-5H3,(H,26,28). The van der Waals surface area contributed by atoms with E-state index >= 15 is 0 Å². The van der Waals surface area contributed by atoms with E-state index < -0.39 is 25.1 Å². The minimum Gasteiger partial charge on any atom is -0.508 e. The highest BCUT2D eigenvalue weighted by Gasteiger charge is 2.38. The van der Waals surface area contributed by atoms with Gasteiger partial charge in [0.05, 0.1) is 20.4 Å². The maximum atomic E-state index is 13.6. The molecule has 2 rings (SSSR count). The second kappa shape index (κ2) is 12.8. The lowest BCUT2D eigenvalue weighted by Crippen LogP contribution is -2.41. The molecule has 0 heterocycles. The molecule has 0 aliphatic rings. The molecule has 11 heteroatoms. The van der Waals surface area contributed by atoms with Crippen molar-refractivity contribution in [3.8, 4) is 17.2 Å². The zero-order valence-corrected chi connectivity index (χ0v) is 25.0. The van der Waals surface area contributed by atoms with Crippen LogP contribution < -0.4 is 10.1 Å². The molecule has 0 radical (unpaired) electrons. The fourth-order valence-electron chi connectivity index (χ4n) is 2.95. The Kier molecular flexibility index (Phi) is 10.9. The SMILES string of the molecule is CCOP(=O)(OCC)C(Cc1cc(I)c(Oc2ccc(O)cc2)c(I)c1)NC(=O)OC(C)(C)C. The molecule has 0 saturated heterocycles. The third-order valence-electron chi connectivity index (χ3n) is 4.23. The van der Waals surface area contributed by atoms with E-state index in [2.05, 4.69) is 50.5 Å². The van der Waals surface area contributed by atoms with Crippen molar-refractivity contribution in [1.82, 2.24) is 5.32 Å². The van der Waals surface area contributed by atoms with E-state index in [1.165, 1.54) is 0 Å². The number of halogens is 2. The predicted octanol–water partition coefficient (Wildman–Crippen LogP) is 7.05. The van der Waals surface area contributed by atoms with Gasteiger partial charge in [0.1, 0.15) is 22.9 Å². The third kappa shape index (κ3) is 8.85. The molecule has 2 aromatic carbocycles. The number of nitrogens with one attached hydrogen (secondary N) is 1. The number of amides is 1. The van der Waals surface area contributed by atoms with E-state index in [4.69, 9.17) is 18.5 Å². The number of hydrogen-bond donors (Lipinski definition) is 2. The van der Waals surface area contributed by atoms with Crippen LogP contribution in [-0.2, 0) is 24.8 Å². The van der Waals surface area contributed by atoms with Gasteiger partial charge >= 0.3 is 13.7 Å². The summed E-state index contributed by atoms with van der Waals surface area (Å²) < 4.78 is 37.6. The van der Waals surface area contributed by atoms with Crippen LogP contribution in [0.2, 0.25) is 0 Å². The minimum absolute atomic E-state index is 0.156. The van der Waals surface area contributed by atoms with Gasteiger partial charge in [0.2, 0.25) is 0 Å². The van der Waals surface area contributed by atoms with E-state index in [1.54, 1.807) is 58.9 Å². The van der Waals surface area contributed by atoms with Gasteiger partial charge in [-0.15, -0.1) is 0 Å². The Labute approximate surface area is 227 Å². The van der Waals surface area contributed by atoms with Crippen LogP contribution in [0.4, 0.5) is 4.79 Å². The molecule has 2 aromatic rings. The molecular formula is C23H30I2NO7P. The number of aromatic hydroxyl groups is 1. The Hall–Kier alpha value is -1.08. The number of carbonyl (C=O) groups excluding carboxylic acids is 1. The highest BCUT2D eigenvalue weighted by atomic mass is 127. The van der Waals surface area contributed by atoms with Crippen molar-refractivity contribution in [1.29, 1.82) is 0 Å². The zero-order valence-electron chi connectivity index (χ0n) is 19.8. The summed E-state index contributed by atoms with van der Waals surface area (Å²) in [5.74, 6) is 0.453. The van der Waals surface area contributed by atoms with Crippen molar-refractivity contribution in [2.45, 2.75) is 52.4 Å². The van der Waals surface area contributed by atoms with Gasteiger partial charge in [-0.1, -0.05) is 0 Å². The van der Waals surface area contributed by atoms with Crippen molar-refractivity contribution in [3.05, 3.63) is 49.1 Å². The number of hydrogen-bond acceptors (Lipinski definition) is 7. The number of carbonyl (C=O) groups is 1. The van der Waals surface area contributed by atoms with Crippen molar-refractivity contribution in [2.24, 2.45) is 0 Å². The maximum Gasteiger partial charge on any atom is 0.408 e. The summed E-state index contributed by atoms with van der Waals surface area (Å²) in [6.07, 6.45) is -0.504. The van der Waals surface area contributed by atoms with Crippen molar-refractivity contribution in [3.63, 3.8) is 0 Å². The van der Waals surface area contributed by atoms with Gasteiger partial charge in [-0.25, -0.2) is 4.79 Å². The molecule has 0 bridgehead atoms. The van der Waals surface area contributed by atoms with Crippen molar-refractivity contribution >= 4 is 58.9 Å². The molecule has 0 aromatic heterocycles. The summed E-state index contributed by atoms with van der Waals surface area (Å²) in [7, 11) is -3.69. The summed E-state index contributed by atoms with van der Waals surface area (Å²) in [6.45, 7) is 9.03. The molecule has 34 heavy (non-hydrogen) atoms. The Morgan fingerprint density at radius 1 is 1.06 bits per heavy atom. The first-order valence-electron chi connectivity index (χ1n) is 10.7. The number of alkyl carbamates (subject to hydrolysis) is 1. The van der Waals surface area contributed by atoms with Crippen LogP contribution >= 0.6 is 52.8 Å². The molecule has 1 unspecified atom stereocenters. The molecule has 2 N–H and O–H groups in total. The molecule has 0 fully saturated rings. The molecule has 0 saturated carbocycles. The minimum atomic E-state index is -3.69. The van der Waals surface area contributed by atoms with Crippen LogP contribution in [0.5, 0.6) is 17.2 Å². The Morgan fingerprint density at radius 2 is 1.59 bits per heavy atom. The Bertz CT molecular complexity index is 992.